The summed E-state index contributed by atoms with van der Waals surface area (Å²) in [5.41, 5.74) is 3.57. The molecule has 2 aromatic carbocycles. The maximum absolute atomic E-state index is 12.8. The second kappa shape index (κ2) is 7.45. The van der Waals surface area contributed by atoms with Crippen LogP contribution in [0, 0.1) is 6.92 Å². The van der Waals surface area contributed by atoms with Gasteiger partial charge in [0.2, 0.25) is 0 Å². The number of benzene rings is 2. The monoisotopic (exact) mass is 381 g/mol. The lowest BCUT2D eigenvalue weighted by atomic mass is 10.1. The molecule has 0 spiro atoms. The molecule has 2 heterocycles. The standard InChI is InChI=1S/C21H20ClN3O2/c1-15-4-2-7-18(12-15)24-8-10-25(11-9-24)21(26)19-14-20(27-23-19)16-5-3-6-17(22)13-16/h2-7,12-14H,8-11H2,1H3. The van der Waals surface area contributed by atoms with Crippen LogP contribution < -0.4 is 4.90 Å². The normalized spacial score (nSPS) is 14.4. The van der Waals surface area contributed by atoms with E-state index in [9.17, 15) is 4.79 Å². The fourth-order valence-corrected chi connectivity index (χ4v) is 3.50. The summed E-state index contributed by atoms with van der Waals surface area (Å²) >= 11 is 6.02. The number of hydrogen-bond acceptors (Lipinski definition) is 4. The van der Waals surface area contributed by atoms with E-state index in [1.807, 2.05) is 17.0 Å². The first-order valence-corrected chi connectivity index (χ1v) is 9.31. The lowest BCUT2D eigenvalue weighted by Gasteiger charge is -2.35. The Bertz CT molecular complexity index is 961. The molecule has 0 aliphatic carbocycles. The number of piperazine rings is 1. The largest absolute Gasteiger partial charge is 0.368 e. The van der Waals surface area contributed by atoms with Crippen molar-refractivity contribution in [2.75, 3.05) is 31.1 Å². The van der Waals surface area contributed by atoms with E-state index < -0.39 is 0 Å². The smallest absolute Gasteiger partial charge is 0.276 e. The van der Waals surface area contributed by atoms with Crippen molar-refractivity contribution in [2.24, 2.45) is 0 Å². The van der Waals surface area contributed by atoms with Gasteiger partial charge in [-0.2, -0.15) is 0 Å². The molecule has 1 saturated heterocycles. The van der Waals surface area contributed by atoms with E-state index in [0.717, 1.165) is 18.7 Å². The predicted molar refractivity (Wildman–Crippen MR) is 106 cm³/mol. The third kappa shape index (κ3) is 3.83. The molecule has 1 amide bonds. The van der Waals surface area contributed by atoms with Crippen molar-refractivity contribution in [2.45, 2.75) is 6.92 Å². The molecule has 3 aromatic rings. The van der Waals surface area contributed by atoms with E-state index in [4.69, 9.17) is 16.1 Å². The molecule has 1 aliphatic heterocycles. The van der Waals surface area contributed by atoms with Crippen molar-refractivity contribution < 1.29 is 9.32 Å². The molecule has 0 radical (unpaired) electrons. The fraction of sp³-hybridized carbons (Fsp3) is 0.238. The molecule has 6 heteroatoms. The number of nitrogens with zero attached hydrogens (tertiary/aromatic N) is 3. The Hall–Kier alpha value is -2.79. The number of amides is 1. The van der Waals surface area contributed by atoms with Crippen molar-refractivity contribution in [1.82, 2.24) is 10.1 Å². The molecule has 27 heavy (non-hydrogen) atoms. The zero-order chi connectivity index (χ0) is 18.8. The molecule has 138 valence electrons. The Balaban J connectivity index is 1.42. The fourth-order valence-electron chi connectivity index (χ4n) is 3.31. The number of halogens is 1. The highest BCUT2D eigenvalue weighted by molar-refractivity contribution is 6.30. The number of hydrogen-bond donors (Lipinski definition) is 0. The first kappa shape index (κ1) is 17.6. The number of rotatable bonds is 3. The molecule has 0 unspecified atom stereocenters. The minimum atomic E-state index is -0.101. The van der Waals surface area contributed by atoms with Crippen LogP contribution in [0.25, 0.3) is 11.3 Å². The Morgan fingerprint density at radius 3 is 2.56 bits per heavy atom. The van der Waals surface area contributed by atoms with Crippen molar-refractivity contribution >= 4 is 23.2 Å². The molecule has 0 atom stereocenters. The summed E-state index contributed by atoms with van der Waals surface area (Å²) in [5.74, 6) is 0.440. The van der Waals surface area contributed by atoms with Crippen molar-refractivity contribution in [1.29, 1.82) is 0 Å². The second-order valence-corrected chi connectivity index (χ2v) is 7.14. The van der Waals surface area contributed by atoms with Crippen molar-refractivity contribution in [3.05, 3.63) is 70.9 Å². The molecule has 1 aromatic heterocycles. The summed E-state index contributed by atoms with van der Waals surface area (Å²) in [6.07, 6.45) is 0. The molecule has 1 fully saturated rings. The number of aromatic nitrogens is 1. The van der Waals surface area contributed by atoms with Crippen LogP contribution in [0.5, 0.6) is 0 Å². The van der Waals surface area contributed by atoms with Gasteiger partial charge in [0.15, 0.2) is 11.5 Å². The predicted octanol–water partition coefficient (Wildman–Crippen LogP) is 4.27. The summed E-state index contributed by atoms with van der Waals surface area (Å²) in [7, 11) is 0. The van der Waals surface area contributed by atoms with E-state index in [0.29, 0.717) is 29.6 Å². The van der Waals surface area contributed by atoms with Crippen LogP contribution in [0.1, 0.15) is 16.1 Å². The summed E-state index contributed by atoms with van der Waals surface area (Å²) in [4.78, 5) is 16.9. The van der Waals surface area contributed by atoms with E-state index in [1.54, 1.807) is 18.2 Å². The number of aryl methyl sites for hydroxylation is 1. The van der Waals surface area contributed by atoms with Gasteiger partial charge >= 0.3 is 0 Å². The molecule has 0 N–H and O–H groups in total. The lowest BCUT2D eigenvalue weighted by molar-refractivity contribution is 0.0736. The van der Waals surface area contributed by atoms with Crippen LogP contribution in [0.4, 0.5) is 5.69 Å². The molecule has 5 nitrogen and oxygen atoms in total. The third-order valence-electron chi connectivity index (χ3n) is 4.77. The number of carbonyl (C=O) groups is 1. The minimum Gasteiger partial charge on any atom is -0.368 e. The van der Waals surface area contributed by atoms with Crippen LogP contribution in [0.2, 0.25) is 5.02 Å². The van der Waals surface area contributed by atoms with Gasteiger partial charge < -0.3 is 14.3 Å². The Labute approximate surface area is 163 Å². The van der Waals surface area contributed by atoms with Gasteiger partial charge in [-0.3, -0.25) is 4.79 Å². The summed E-state index contributed by atoms with van der Waals surface area (Å²) in [5, 5.41) is 4.58. The van der Waals surface area contributed by atoms with E-state index in [2.05, 4.69) is 41.2 Å². The van der Waals surface area contributed by atoms with Crippen molar-refractivity contribution in [3.63, 3.8) is 0 Å². The van der Waals surface area contributed by atoms with Crippen LogP contribution in [0.15, 0.2) is 59.1 Å². The third-order valence-corrected chi connectivity index (χ3v) is 5.01. The summed E-state index contributed by atoms with van der Waals surface area (Å²) < 4.78 is 5.35. The first-order valence-electron chi connectivity index (χ1n) is 8.94. The maximum atomic E-state index is 12.8. The van der Waals surface area contributed by atoms with Gasteiger partial charge in [-0.25, -0.2) is 0 Å². The van der Waals surface area contributed by atoms with Crippen LogP contribution in [-0.4, -0.2) is 42.1 Å². The second-order valence-electron chi connectivity index (χ2n) is 6.71. The highest BCUT2D eigenvalue weighted by atomic mass is 35.5. The van der Waals surface area contributed by atoms with E-state index >= 15 is 0 Å². The molecule has 1 aliphatic rings. The highest BCUT2D eigenvalue weighted by Gasteiger charge is 2.25. The Morgan fingerprint density at radius 2 is 1.81 bits per heavy atom. The SMILES string of the molecule is Cc1cccc(N2CCN(C(=O)c3cc(-c4cccc(Cl)c4)on3)CC2)c1. The van der Waals surface area contributed by atoms with E-state index in [1.165, 1.54) is 11.3 Å². The van der Waals surface area contributed by atoms with Crippen LogP contribution in [0.3, 0.4) is 0 Å². The number of anilines is 1. The van der Waals surface area contributed by atoms with E-state index in [-0.39, 0.29) is 5.91 Å². The Morgan fingerprint density at radius 1 is 1.04 bits per heavy atom. The molecule has 4 rings (SSSR count). The summed E-state index contributed by atoms with van der Waals surface area (Å²) in [6.45, 7) is 5.01. The maximum Gasteiger partial charge on any atom is 0.276 e. The average Bonchev–Trinajstić information content (AvgIpc) is 3.18. The molecular formula is C21H20ClN3O2. The lowest BCUT2D eigenvalue weighted by Crippen LogP contribution is -2.48. The molecule has 0 bridgehead atoms. The van der Waals surface area contributed by atoms with Gasteiger partial charge in [0.1, 0.15) is 0 Å². The van der Waals surface area contributed by atoms with Gasteiger partial charge in [0.05, 0.1) is 0 Å². The van der Waals surface area contributed by atoms with Gasteiger partial charge in [0.25, 0.3) is 5.91 Å². The van der Waals surface area contributed by atoms with Crippen LogP contribution >= 0.6 is 11.6 Å². The molecular weight excluding hydrogens is 362 g/mol. The van der Waals surface area contributed by atoms with Crippen molar-refractivity contribution in [3.8, 4) is 11.3 Å². The zero-order valence-corrected chi connectivity index (χ0v) is 15.8. The highest BCUT2D eigenvalue weighted by Crippen LogP contribution is 2.24. The number of carbonyl (C=O) groups excluding carboxylic acids is 1. The van der Waals surface area contributed by atoms with Gasteiger partial charge in [-0.1, -0.05) is 41.0 Å². The minimum absolute atomic E-state index is 0.101. The van der Waals surface area contributed by atoms with Gasteiger partial charge in [0, 0.05) is 48.5 Å². The Kier molecular flexibility index (Phi) is 4.86. The molecule has 0 saturated carbocycles. The first-order chi connectivity index (χ1) is 13.1. The van der Waals surface area contributed by atoms with Gasteiger partial charge in [-0.05, 0) is 36.8 Å². The summed E-state index contributed by atoms with van der Waals surface area (Å²) in [6, 6.07) is 17.4. The van der Waals surface area contributed by atoms with Gasteiger partial charge in [-0.15, -0.1) is 0 Å². The quantitative estimate of drug-likeness (QED) is 0.680. The average molecular weight is 382 g/mol. The topological polar surface area (TPSA) is 49.6 Å². The zero-order valence-electron chi connectivity index (χ0n) is 15.1. The van der Waals surface area contributed by atoms with Crippen LogP contribution in [-0.2, 0) is 0 Å².